The van der Waals surface area contributed by atoms with E-state index >= 15 is 0 Å². The fourth-order valence-electron chi connectivity index (χ4n) is 2.60. The molecule has 0 aromatic heterocycles. The molecule has 0 radical (unpaired) electrons. The van der Waals surface area contributed by atoms with Crippen molar-refractivity contribution < 1.29 is 14.3 Å². The molecule has 0 bridgehead atoms. The van der Waals surface area contributed by atoms with Crippen molar-refractivity contribution in [1.82, 2.24) is 0 Å². The van der Waals surface area contributed by atoms with Crippen LogP contribution in [0.5, 0.6) is 5.75 Å². The molecule has 1 heterocycles. The molecule has 0 spiro atoms. The van der Waals surface area contributed by atoms with Crippen LogP contribution in [0.3, 0.4) is 0 Å². The topological polar surface area (TPSA) is 46.6 Å². The van der Waals surface area contributed by atoms with Crippen LogP contribution in [0.2, 0.25) is 0 Å². The van der Waals surface area contributed by atoms with Gasteiger partial charge in [-0.05, 0) is 42.5 Å². The minimum Gasteiger partial charge on any atom is -0.495 e. The van der Waals surface area contributed by atoms with Crippen molar-refractivity contribution >= 4 is 40.4 Å². The van der Waals surface area contributed by atoms with E-state index in [1.54, 1.807) is 30.0 Å². The molecule has 124 valence electrons. The smallest absolute Gasteiger partial charge is 0.293 e. The average molecular weight is 359 g/mol. The van der Waals surface area contributed by atoms with E-state index in [0.29, 0.717) is 17.9 Å². The van der Waals surface area contributed by atoms with Crippen LogP contribution in [-0.4, -0.2) is 29.8 Å². The van der Waals surface area contributed by atoms with Crippen molar-refractivity contribution in [3.05, 3.63) is 54.1 Å². The fraction of sp³-hybridized carbons (Fsp3) is 0.222. The highest BCUT2D eigenvalue weighted by Gasteiger charge is 2.41. The van der Waals surface area contributed by atoms with Crippen LogP contribution in [-0.2, 0) is 11.2 Å². The van der Waals surface area contributed by atoms with E-state index in [-0.39, 0.29) is 11.1 Å². The molecule has 1 aliphatic heterocycles. The van der Waals surface area contributed by atoms with E-state index < -0.39 is 5.25 Å². The van der Waals surface area contributed by atoms with E-state index in [1.807, 2.05) is 36.6 Å². The maximum Gasteiger partial charge on any atom is 0.293 e. The van der Waals surface area contributed by atoms with Crippen molar-refractivity contribution in [2.75, 3.05) is 18.3 Å². The molecule has 0 aliphatic carbocycles. The molecule has 0 N–H and O–H groups in total. The van der Waals surface area contributed by atoms with Gasteiger partial charge in [0.15, 0.2) is 0 Å². The van der Waals surface area contributed by atoms with E-state index in [4.69, 9.17) is 4.74 Å². The van der Waals surface area contributed by atoms with Gasteiger partial charge in [-0.1, -0.05) is 36.0 Å². The van der Waals surface area contributed by atoms with Crippen LogP contribution in [0, 0.1) is 0 Å². The Bertz CT molecular complexity index is 761. The van der Waals surface area contributed by atoms with Gasteiger partial charge in [-0.25, -0.2) is 4.90 Å². The Morgan fingerprint density at radius 2 is 1.83 bits per heavy atom. The highest BCUT2D eigenvalue weighted by atomic mass is 32.2. The van der Waals surface area contributed by atoms with Gasteiger partial charge in [0.25, 0.3) is 5.24 Å². The number of carbonyl (C=O) groups is 2. The molecule has 4 nitrogen and oxygen atoms in total. The molecular formula is C18H17NO3S2. The van der Waals surface area contributed by atoms with Crippen LogP contribution in [0.25, 0.3) is 0 Å². The molecule has 1 aliphatic rings. The Balaban J connectivity index is 1.81. The lowest BCUT2D eigenvalue weighted by Crippen LogP contribution is -2.32. The van der Waals surface area contributed by atoms with Gasteiger partial charge in [0.05, 0.1) is 18.0 Å². The number of para-hydroxylation sites is 2. The molecule has 1 fully saturated rings. The number of carbonyl (C=O) groups excluding carboxylic acids is 2. The van der Waals surface area contributed by atoms with Crippen molar-refractivity contribution in [2.24, 2.45) is 0 Å². The molecule has 1 atom stereocenters. The first-order valence-corrected chi connectivity index (χ1v) is 9.55. The van der Waals surface area contributed by atoms with Crippen LogP contribution in [0.4, 0.5) is 10.5 Å². The number of rotatable bonds is 5. The summed E-state index contributed by atoms with van der Waals surface area (Å²) in [5.74, 6) is 0.327. The number of methoxy groups -OCH3 is 1. The molecule has 2 amide bonds. The molecule has 2 aromatic carbocycles. The van der Waals surface area contributed by atoms with Gasteiger partial charge in [-0.3, -0.25) is 9.59 Å². The Labute approximate surface area is 149 Å². The molecule has 24 heavy (non-hydrogen) atoms. The quantitative estimate of drug-likeness (QED) is 0.748. The van der Waals surface area contributed by atoms with E-state index in [9.17, 15) is 9.59 Å². The third-order valence-corrected chi connectivity index (χ3v) is 5.61. The second-order valence-corrected chi connectivity index (χ2v) is 7.30. The maximum atomic E-state index is 12.7. The summed E-state index contributed by atoms with van der Waals surface area (Å²) < 4.78 is 5.28. The highest BCUT2D eigenvalue weighted by molar-refractivity contribution is 8.15. The molecule has 3 rings (SSSR count). The van der Waals surface area contributed by atoms with Crippen LogP contribution >= 0.6 is 23.5 Å². The second-order valence-electron chi connectivity index (χ2n) is 5.27. The second kappa shape index (κ2) is 7.32. The van der Waals surface area contributed by atoms with Gasteiger partial charge in [0, 0.05) is 4.90 Å². The number of imide groups is 1. The summed E-state index contributed by atoms with van der Waals surface area (Å²) in [6.45, 7) is 0. The third-order valence-electron chi connectivity index (χ3n) is 3.83. The summed E-state index contributed by atoms with van der Waals surface area (Å²) >= 11 is 2.75. The number of hydrogen-bond acceptors (Lipinski definition) is 5. The van der Waals surface area contributed by atoms with Crippen molar-refractivity contribution in [1.29, 1.82) is 0 Å². The van der Waals surface area contributed by atoms with Crippen LogP contribution in [0.1, 0.15) is 5.56 Å². The van der Waals surface area contributed by atoms with E-state index in [1.165, 1.54) is 16.9 Å². The number of ether oxygens (including phenoxy) is 1. The maximum absolute atomic E-state index is 12.7. The molecule has 2 aromatic rings. The first-order valence-electron chi connectivity index (χ1n) is 7.44. The third kappa shape index (κ3) is 3.30. The first-order chi connectivity index (χ1) is 11.6. The molecule has 1 saturated heterocycles. The zero-order valence-electron chi connectivity index (χ0n) is 13.4. The monoisotopic (exact) mass is 359 g/mol. The van der Waals surface area contributed by atoms with Crippen LogP contribution in [0.15, 0.2) is 53.4 Å². The van der Waals surface area contributed by atoms with Gasteiger partial charge in [-0.2, -0.15) is 0 Å². The lowest BCUT2D eigenvalue weighted by atomic mass is 10.1. The number of amides is 2. The fourth-order valence-corrected chi connectivity index (χ4v) is 4.02. The summed E-state index contributed by atoms with van der Waals surface area (Å²) in [6.07, 6.45) is 2.56. The Morgan fingerprint density at radius 1 is 1.12 bits per heavy atom. The van der Waals surface area contributed by atoms with Gasteiger partial charge in [0.1, 0.15) is 5.75 Å². The zero-order chi connectivity index (χ0) is 17.1. The summed E-state index contributed by atoms with van der Waals surface area (Å²) in [5, 5.41) is -0.655. The predicted octanol–water partition coefficient (Wildman–Crippen LogP) is 4.23. The van der Waals surface area contributed by atoms with E-state index in [2.05, 4.69) is 0 Å². The number of hydrogen-bond donors (Lipinski definition) is 0. The van der Waals surface area contributed by atoms with Crippen molar-refractivity contribution in [2.45, 2.75) is 16.6 Å². The largest absolute Gasteiger partial charge is 0.495 e. The van der Waals surface area contributed by atoms with Gasteiger partial charge < -0.3 is 4.74 Å². The zero-order valence-corrected chi connectivity index (χ0v) is 15.0. The number of anilines is 1. The number of benzene rings is 2. The minimum absolute atomic E-state index is 0.191. The standard InChI is InChI=1S/C18H17NO3S2/c1-22-15-6-4-3-5-14(15)19-17(20)16(24-18(19)21)11-12-7-9-13(23-2)10-8-12/h3-10,16H,11H2,1-2H3/t16-/m0/s1. The average Bonchev–Trinajstić information content (AvgIpc) is 2.89. The Kier molecular flexibility index (Phi) is 5.16. The van der Waals surface area contributed by atoms with Gasteiger partial charge in [0.2, 0.25) is 5.91 Å². The Hall–Kier alpha value is -1.92. The minimum atomic E-state index is -0.400. The van der Waals surface area contributed by atoms with Crippen LogP contribution < -0.4 is 9.64 Å². The van der Waals surface area contributed by atoms with Gasteiger partial charge in [-0.15, -0.1) is 11.8 Å². The van der Waals surface area contributed by atoms with Crippen molar-refractivity contribution in [3.8, 4) is 5.75 Å². The predicted molar refractivity (Wildman–Crippen MR) is 99.2 cm³/mol. The molecule has 0 saturated carbocycles. The summed E-state index contributed by atoms with van der Waals surface area (Å²) in [6, 6.07) is 15.2. The highest BCUT2D eigenvalue weighted by Crippen LogP contribution is 2.37. The van der Waals surface area contributed by atoms with Gasteiger partial charge >= 0.3 is 0 Å². The lowest BCUT2D eigenvalue weighted by molar-refractivity contribution is -0.117. The van der Waals surface area contributed by atoms with Crippen molar-refractivity contribution in [3.63, 3.8) is 0 Å². The normalized spacial score (nSPS) is 17.4. The van der Waals surface area contributed by atoms with E-state index in [0.717, 1.165) is 17.3 Å². The first kappa shape index (κ1) is 16.9. The molecule has 6 heteroatoms. The molecule has 0 unspecified atom stereocenters. The Morgan fingerprint density at radius 3 is 2.50 bits per heavy atom. The lowest BCUT2D eigenvalue weighted by Gasteiger charge is -2.17. The number of thioether (sulfide) groups is 2. The molecular weight excluding hydrogens is 342 g/mol. The summed E-state index contributed by atoms with van der Waals surface area (Å²) in [5.41, 5.74) is 1.55. The summed E-state index contributed by atoms with van der Waals surface area (Å²) in [4.78, 5) is 27.5. The summed E-state index contributed by atoms with van der Waals surface area (Å²) in [7, 11) is 1.53. The number of nitrogens with zero attached hydrogens (tertiary/aromatic N) is 1. The SMILES string of the molecule is COc1ccccc1N1C(=O)S[C@@H](Cc2ccc(SC)cc2)C1=O.